The number of carbonyl (C=O) groups excluding carboxylic acids is 1. The van der Waals surface area contributed by atoms with Crippen molar-refractivity contribution >= 4 is 38.9 Å². The molecule has 0 aromatic heterocycles. The van der Waals surface area contributed by atoms with E-state index in [1.165, 1.54) is 46.8 Å². The Balaban J connectivity index is 1.50. The minimum Gasteiger partial charge on any atom is -0.379 e. The number of benzene rings is 3. The lowest BCUT2D eigenvalue weighted by atomic mass is 10.1. The molecule has 3 aromatic rings. The number of ether oxygens (including phenoxy) is 1. The van der Waals surface area contributed by atoms with Crippen LogP contribution in [0.15, 0.2) is 83.8 Å². The van der Waals surface area contributed by atoms with Crippen molar-refractivity contribution in [1.82, 2.24) is 4.31 Å². The van der Waals surface area contributed by atoms with Crippen molar-refractivity contribution in [2.75, 3.05) is 38.3 Å². The maximum atomic E-state index is 12.7. The molecular weight excluding hydrogens is 482 g/mol. The molecule has 0 unspecified atom stereocenters. The number of allylic oxidation sites excluding steroid dienone is 1. The summed E-state index contributed by atoms with van der Waals surface area (Å²) in [5.74, 6) is -0.349. The summed E-state index contributed by atoms with van der Waals surface area (Å²) in [6.45, 7) is 1.28. The Morgan fingerprint density at radius 1 is 1.03 bits per heavy atom. The van der Waals surface area contributed by atoms with Crippen molar-refractivity contribution in [2.45, 2.75) is 4.90 Å². The first kappa shape index (κ1) is 25.2. The molecule has 36 heavy (non-hydrogen) atoms. The fourth-order valence-corrected chi connectivity index (χ4v) is 5.27. The van der Waals surface area contributed by atoms with Gasteiger partial charge >= 0.3 is 0 Å². The molecule has 1 fully saturated rings. The van der Waals surface area contributed by atoms with E-state index in [0.717, 1.165) is 5.69 Å². The van der Waals surface area contributed by atoms with E-state index < -0.39 is 14.9 Å². The van der Waals surface area contributed by atoms with Gasteiger partial charge in [0, 0.05) is 37.5 Å². The summed E-state index contributed by atoms with van der Waals surface area (Å²) in [7, 11) is -1.90. The van der Waals surface area contributed by atoms with E-state index in [1.807, 2.05) is 30.3 Å². The van der Waals surface area contributed by atoms with Crippen LogP contribution in [0.3, 0.4) is 0 Å². The highest BCUT2D eigenvalue weighted by atomic mass is 32.2. The molecule has 0 bridgehead atoms. The van der Waals surface area contributed by atoms with Gasteiger partial charge in [0.25, 0.3) is 5.69 Å². The van der Waals surface area contributed by atoms with Crippen molar-refractivity contribution < 1.29 is 22.9 Å². The van der Waals surface area contributed by atoms with Gasteiger partial charge in [0.05, 0.1) is 23.0 Å². The van der Waals surface area contributed by atoms with Crippen LogP contribution in [0.2, 0.25) is 0 Å². The summed E-state index contributed by atoms with van der Waals surface area (Å²) in [4.78, 5) is 25.8. The number of nitrogens with zero attached hydrogens (tertiary/aromatic N) is 3. The van der Waals surface area contributed by atoms with Crippen LogP contribution < -0.4 is 4.90 Å². The number of morpholine rings is 1. The summed E-state index contributed by atoms with van der Waals surface area (Å²) in [5.41, 5.74) is 1.94. The maximum Gasteiger partial charge on any atom is 0.293 e. The summed E-state index contributed by atoms with van der Waals surface area (Å²) in [5, 5.41) is 11.7. The summed E-state index contributed by atoms with van der Waals surface area (Å²) in [6.07, 6.45) is 2.81. The van der Waals surface area contributed by atoms with Gasteiger partial charge < -0.3 is 9.64 Å². The third-order valence-corrected chi connectivity index (χ3v) is 7.79. The zero-order chi connectivity index (χ0) is 25.7. The highest BCUT2D eigenvalue weighted by Gasteiger charge is 2.26. The van der Waals surface area contributed by atoms with Crippen molar-refractivity contribution in [3.05, 3.63) is 100 Å². The number of sulfonamides is 1. The zero-order valence-electron chi connectivity index (χ0n) is 19.6. The van der Waals surface area contributed by atoms with Gasteiger partial charge in [-0.2, -0.15) is 4.31 Å². The number of para-hydroxylation sites is 1. The Labute approximate surface area is 209 Å². The van der Waals surface area contributed by atoms with Crippen LogP contribution in [0.1, 0.15) is 15.9 Å². The van der Waals surface area contributed by atoms with Crippen molar-refractivity contribution in [3.63, 3.8) is 0 Å². The average Bonchev–Trinajstić information content (AvgIpc) is 2.92. The number of hydrogen-bond acceptors (Lipinski definition) is 7. The maximum absolute atomic E-state index is 12.7. The molecule has 0 N–H and O–H groups in total. The van der Waals surface area contributed by atoms with Crippen LogP contribution in [0.25, 0.3) is 6.08 Å². The Morgan fingerprint density at radius 3 is 2.33 bits per heavy atom. The molecule has 0 saturated carbocycles. The van der Waals surface area contributed by atoms with Crippen LogP contribution in [0.5, 0.6) is 0 Å². The largest absolute Gasteiger partial charge is 0.379 e. The molecule has 1 saturated heterocycles. The molecule has 10 heteroatoms. The number of ketones is 1. The van der Waals surface area contributed by atoms with Gasteiger partial charge in [-0.05, 0) is 54.1 Å². The number of carbonyl (C=O) groups is 1. The van der Waals surface area contributed by atoms with E-state index in [2.05, 4.69) is 0 Å². The highest BCUT2D eigenvalue weighted by Crippen LogP contribution is 2.33. The molecular formula is C26H25N3O6S. The fourth-order valence-electron chi connectivity index (χ4n) is 3.86. The lowest BCUT2D eigenvalue weighted by molar-refractivity contribution is -0.384. The molecule has 186 valence electrons. The van der Waals surface area contributed by atoms with Crippen LogP contribution in [-0.4, -0.2) is 56.8 Å². The van der Waals surface area contributed by atoms with E-state index in [1.54, 1.807) is 24.1 Å². The van der Waals surface area contributed by atoms with Gasteiger partial charge in [-0.1, -0.05) is 30.3 Å². The van der Waals surface area contributed by atoms with Crippen LogP contribution in [0, 0.1) is 10.1 Å². The summed E-state index contributed by atoms with van der Waals surface area (Å²) < 4.78 is 32.1. The molecule has 0 amide bonds. The monoisotopic (exact) mass is 507 g/mol. The fraction of sp³-hybridized carbons (Fsp3) is 0.192. The molecule has 3 aromatic carbocycles. The highest BCUT2D eigenvalue weighted by molar-refractivity contribution is 7.89. The van der Waals surface area contributed by atoms with Crippen LogP contribution >= 0.6 is 0 Å². The molecule has 4 rings (SSSR count). The third kappa shape index (κ3) is 5.51. The first-order valence-electron chi connectivity index (χ1n) is 11.2. The second kappa shape index (κ2) is 10.8. The second-order valence-electron chi connectivity index (χ2n) is 8.14. The third-order valence-electron chi connectivity index (χ3n) is 5.87. The Morgan fingerprint density at radius 2 is 1.69 bits per heavy atom. The number of hydrogen-bond donors (Lipinski definition) is 0. The molecule has 1 aliphatic heterocycles. The van der Waals surface area contributed by atoms with E-state index in [0.29, 0.717) is 30.0 Å². The van der Waals surface area contributed by atoms with Crippen molar-refractivity contribution in [3.8, 4) is 0 Å². The number of nitro benzene ring substituents is 1. The SMILES string of the molecule is CN(c1ccccc1)c1ccc(/C=C/C(=O)c2ccc(S(=O)(=O)N3CCOCC3)cc2)cc1[N+](=O)[O-]. The predicted molar refractivity (Wildman–Crippen MR) is 137 cm³/mol. The first-order valence-corrected chi connectivity index (χ1v) is 12.7. The van der Waals surface area contributed by atoms with Gasteiger partial charge in [0.2, 0.25) is 10.0 Å². The Bertz CT molecular complexity index is 1380. The van der Waals surface area contributed by atoms with Crippen LogP contribution in [0.4, 0.5) is 17.1 Å². The van der Waals surface area contributed by atoms with Gasteiger partial charge in [-0.25, -0.2) is 8.42 Å². The summed E-state index contributed by atoms with van der Waals surface area (Å²) >= 11 is 0. The smallest absolute Gasteiger partial charge is 0.293 e. The standard InChI is InChI=1S/C26H25N3O6S/c1-27(22-5-3-2-4-6-22)24-13-7-20(19-25(24)29(31)32)8-14-26(30)21-9-11-23(12-10-21)36(33,34)28-15-17-35-18-16-28/h2-14,19H,15-18H2,1H3/b14-8+. The number of rotatable bonds is 8. The molecule has 0 aliphatic carbocycles. The number of anilines is 2. The van der Waals surface area contributed by atoms with Crippen molar-refractivity contribution in [2.24, 2.45) is 0 Å². The van der Waals surface area contributed by atoms with Crippen molar-refractivity contribution in [1.29, 1.82) is 0 Å². The van der Waals surface area contributed by atoms with Gasteiger partial charge in [0.15, 0.2) is 5.78 Å². The quantitative estimate of drug-likeness (QED) is 0.194. The minimum atomic E-state index is -3.65. The van der Waals surface area contributed by atoms with Gasteiger partial charge in [-0.15, -0.1) is 0 Å². The lowest BCUT2D eigenvalue weighted by Crippen LogP contribution is -2.40. The van der Waals surface area contributed by atoms with E-state index >= 15 is 0 Å². The van der Waals surface area contributed by atoms with Crippen LogP contribution in [-0.2, 0) is 14.8 Å². The molecule has 0 radical (unpaired) electrons. The normalized spacial score (nSPS) is 14.6. The van der Waals surface area contributed by atoms with Gasteiger partial charge in [0.1, 0.15) is 5.69 Å². The predicted octanol–water partition coefficient (Wildman–Crippen LogP) is 4.28. The zero-order valence-corrected chi connectivity index (χ0v) is 20.4. The first-order chi connectivity index (χ1) is 17.3. The molecule has 1 heterocycles. The van der Waals surface area contributed by atoms with E-state index in [-0.39, 0.29) is 29.5 Å². The molecule has 0 spiro atoms. The number of nitro groups is 1. The average molecular weight is 508 g/mol. The minimum absolute atomic E-state index is 0.0892. The topological polar surface area (TPSA) is 110 Å². The lowest BCUT2D eigenvalue weighted by Gasteiger charge is -2.26. The Kier molecular flexibility index (Phi) is 7.58. The van der Waals surface area contributed by atoms with E-state index in [4.69, 9.17) is 4.74 Å². The Hall–Kier alpha value is -3.86. The molecule has 1 aliphatic rings. The van der Waals surface area contributed by atoms with Gasteiger partial charge in [-0.3, -0.25) is 14.9 Å². The molecule has 0 atom stereocenters. The van der Waals surface area contributed by atoms with E-state index in [9.17, 15) is 23.3 Å². The molecule has 9 nitrogen and oxygen atoms in total. The second-order valence-corrected chi connectivity index (χ2v) is 10.1. The summed E-state index contributed by atoms with van der Waals surface area (Å²) in [6, 6.07) is 19.8.